The fraction of sp³-hybridized carbons (Fsp3) is 0.500. The number of rotatable bonds is 4. The van der Waals surface area contributed by atoms with Crippen LogP contribution in [-0.2, 0) is 6.54 Å². The van der Waals surface area contributed by atoms with Crippen LogP contribution in [0.25, 0.3) is 0 Å². The predicted molar refractivity (Wildman–Crippen MR) is 58.1 cm³/mol. The van der Waals surface area contributed by atoms with Crippen LogP contribution in [0.4, 0.5) is 0 Å². The minimum atomic E-state index is 1.11. The lowest BCUT2D eigenvalue weighted by atomic mass is 10.2. The first-order chi connectivity index (χ1) is 6.16. The van der Waals surface area contributed by atoms with Crippen LogP contribution >= 0.6 is 0 Å². The van der Waals surface area contributed by atoms with E-state index in [0.717, 1.165) is 13.0 Å². The highest BCUT2D eigenvalue weighted by atomic mass is 15.0. The fourth-order valence-corrected chi connectivity index (χ4v) is 1.57. The highest BCUT2D eigenvalue weighted by molar-refractivity contribution is 5.28. The molecule has 0 amide bonds. The third-order valence-electron chi connectivity index (χ3n) is 2.72. The number of hydrogen-bond donors (Lipinski definition) is 0. The Kier molecular flexibility index (Phi) is 3.35. The normalized spacial score (nSPS) is 10.4. The highest BCUT2D eigenvalue weighted by Crippen LogP contribution is 2.15. The molecule has 0 aliphatic heterocycles. The van der Waals surface area contributed by atoms with Gasteiger partial charge in [-0.05, 0) is 44.7 Å². The molecule has 0 aliphatic rings. The summed E-state index contributed by atoms with van der Waals surface area (Å²) in [5, 5.41) is 0. The minimum absolute atomic E-state index is 1.11. The number of hydrogen-bond acceptors (Lipinski definition) is 0. The Balaban J connectivity index is 2.66. The average Bonchev–Trinajstić information content (AvgIpc) is 2.34. The van der Waals surface area contributed by atoms with Gasteiger partial charge in [-0.25, -0.2) is 0 Å². The Hall–Kier alpha value is -0.980. The van der Waals surface area contributed by atoms with Crippen molar-refractivity contribution in [1.29, 1.82) is 0 Å². The van der Waals surface area contributed by atoms with Crippen molar-refractivity contribution in [3.63, 3.8) is 0 Å². The summed E-state index contributed by atoms with van der Waals surface area (Å²) in [5.74, 6) is 0. The van der Waals surface area contributed by atoms with Gasteiger partial charge >= 0.3 is 0 Å². The van der Waals surface area contributed by atoms with Gasteiger partial charge in [-0.15, -0.1) is 6.58 Å². The van der Waals surface area contributed by atoms with Crippen LogP contribution in [0.2, 0.25) is 0 Å². The van der Waals surface area contributed by atoms with Crippen LogP contribution in [0.5, 0.6) is 0 Å². The van der Waals surface area contributed by atoms with Gasteiger partial charge in [-0.1, -0.05) is 6.08 Å². The summed E-state index contributed by atoms with van der Waals surface area (Å²) in [6.07, 6.45) is 6.53. The van der Waals surface area contributed by atoms with Gasteiger partial charge in [0.15, 0.2) is 0 Å². The second-order valence-electron chi connectivity index (χ2n) is 3.65. The van der Waals surface area contributed by atoms with Crippen molar-refractivity contribution < 1.29 is 0 Å². The summed E-state index contributed by atoms with van der Waals surface area (Å²) < 4.78 is 2.34. The van der Waals surface area contributed by atoms with Gasteiger partial charge in [0.1, 0.15) is 0 Å². The largest absolute Gasteiger partial charge is 0.351 e. The van der Waals surface area contributed by atoms with Gasteiger partial charge in [0.05, 0.1) is 0 Å². The first kappa shape index (κ1) is 10.1. The third-order valence-corrected chi connectivity index (χ3v) is 2.72. The second-order valence-corrected chi connectivity index (χ2v) is 3.65. The van der Waals surface area contributed by atoms with E-state index in [2.05, 4.69) is 38.1 Å². The number of nitrogens with zero attached hydrogens (tertiary/aromatic N) is 1. The van der Waals surface area contributed by atoms with Crippen LogP contribution in [0.1, 0.15) is 29.7 Å². The molecule has 0 aliphatic carbocycles. The van der Waals surface area contributed by atoms with Crippen LogP contribution in [0.15, 0.2) is 18.9 Å². The molecule has 1 nitrogen and oxygen atoms in total. The molecule has 0 radical (unpaired) electrons. The van der Waals surface area contributed by atoms with E-state index in [9.17, 15) is 0 Å². The average molecular weight is 177 g/mol. The molecule has 1 aromatic heterocycles. The zero-order valence-electron chi connectivity index (χ0n) is 8.93. The molecule has 72 valence electrons. The zero-order chi connectivity index (χ0) is 9.84. The lowest BCUT2D eigenvalue weighted by Crippen LogP contribution is -1.98. The molecule has 1 heteroatoms. The van der Waals surface area contributed by atoms with Crippen LogP contribution in [0, 0.1) is 20.8 Å². The lowest BCUT2D eigenvalue weighted by molar-refractivity contribution is 0.637. The molecular formula is C12H19N. The SMILES string of the molecule is C=CCCCn1cc(C)c(C)c1C. The third kappa shape index (κ3) is 2.24. The van der Waals surface area contributed by atoms with Crippen molar-refractivity contribution in [3.05, 3.63) is 35.7 Å². The van der Waals surface area contributed by atoms with Gasteiger partial charge in [-0.3, -0.25) is 0 Å². The number of aryl methyl sites for hydroxylation is 2. The van der Waals surface area contributed by atoms with Crippen molar-refractivity contribution in [3.8, 4) is 0 Å². The van der Waals surface area contributed by atoms with E-state index in [0.29, 0.717) is 0 Å². The molecule has 1 rings (SSSR count). The maximum atomic E-state index is 3.73. The van der Waals surface area contributed by atoms with Gasteiger partial charge in [-0.2, -0.15) is 0 Å². The van der Waals surface area contributed by atoms with Crippen molar-refractivity contribution in [1.82, 2.24) is 4.57 Å². The monoisotopic (exact) mass is 177 g/mol. The van der Waals surface area contributed by atoms with Crippen molar-refractivity contribution in [2.24, 2.45) is 0 Å². The Morgan fingerprint density at radius 3 is 2.54 bits per heavy atom. The molecule has 0 fully saturated rings. The standard InChI is InChI=1S/C12H19N/c1-5-6-7-8-13-9-10(2)11(3)12(13)4/h5,9H,1,6-8H2,2-4H3. The predicted octanol–water partition coefficient (Wildman–Crippen LogP) is 3.38. The molecule has 0 saturated heterocycles. The smallest absolute Gasteiger partial charge is 0.0225 e. The van der Waals surface area contributed by atoms with Gasteiger partial charge in [0.25, 0.3) is 0 Å². The van der Waals surface area contributed by atoms with E-state index in [1.54, 1.807) is 0 Å². The topological polar surface area (TPSA) is 4.93 Å². The highest BCUT2D eigenvalue weighted by Gasteiger charge is 2.03. The molecule has 0 N–H and O–H groups in total. The summed E-state index contributed by atoms with van der Waals surface area (Å²) in [5.41, 5.74) is 4.23. The molecule has 0 atom stereocenters. The summed E-state index contributed by atoms with van der Waals surface area (Å²) in [4.78, 5) is 0. The Bertz CT molecular complexity index is 294. The van der Waals surface area contributed by atoms with Gasteiger partial charge in [0, 0.05) is 18.4 Å². The molecular weight excluding hydrogens is 158 g/mol. The van der Waals surface area contributed by atoms with Crippen molar-refractivity contribution in [2.75, 3.05) is 0 Å². The maximum Gasteiger partial charge on any atom is 0.0225 e. The second kappa shape index (κ2) is 4.31. The summed E-state index contributed by atoms with van der Waals surface area (Å²) >= 11 is 0. The Morgan fingerprint density at radius 1 is 1.38 bits per heavy atom. The van der Waals surface area contributed by atoms with E-state index >= 15 is 0 Å². The molecule has 0 unspecified atom stereocenters. The number of unbranched alkanes of at least 4 members (excludes halogenated alkanes) is 1. The Morgan fingerprint density at radius 2 is 2.08 bits per heavy atom. The zero-order valence-corrected chi connectivity index (χ0v) is 8.93. The molecule has 0 spiro atoms. The maximum absolute atomic E-state index is 3.73. The molecule has 1 aromatic rings. The van der Waals surface area contributed by atoms with E-state index in [-0.39, 0.29) is 0 Å². The minimum Gasteiger partial charge on any atom is -0.351 e. The molecule has 0 saturated carbocycles. The fourth-order valence-electron chi connectivity index (χ4n) is 1.57. The van der Waals surface area contributed by atoms with E-state index in [1.807, 2.05) is 6.08 Å². The van der Waals surface area contributed by atoms with E-state index < -0.39 is 0 Å². The summed E-state index contributed by atoms with van der Waals surface area (Å²) in [7, 11) is 0. The van der Waals surface area contributed by atoms with Crippen LogP contribution in [-0.4, -0.2) is 4.57 Å². The number of aromatic nitrogens is 1. The van der Waals surface area contributed by atoms with Gasteiger partial charge in [0.2, 0.25) is 0 Å². The van der Waals surface area contributed by atoms with Gasteiger partial charge < -0.3 is 4.57 Å². The first-order valence-corrected chi connectivity index (χ1v) is 4.90. The Labute approximate surface area is 81.1 Å². The lowest BCUT2D eigenvalue weighted by Gasteiger charge is -2.04. The van der Waals surface area contributed by atoms with Crippen LogP contribution < -0.4 is 0 Å². The first-order valence-electron chi connectivity index (χ1n) is 4.90. The van der Waals surface area contributed by atoms with E-state index in [4.69, 9.17) is 0 Å². The summed E-state index contributed by atoms with van der Waals surface area (Å²) in [6.45, 7) is 11.4. The molecule has 0 bridgehead atoms. The van der Waals surface area contributed by atoms with E-state index in [1.165, 1.54) is 23.2 Å². The molecule has 0 aromatic carbocycles. The van der Waals surface area contributed by atoms with Crippen LogP contribution in [0.3, 0.4) is 0 Å². The van der Waals surface area contributed by atoms with Crippen molar-refractivity contribution >= 4 is 0 Å². The number of allylic oxidation sites excluding steroid dienone is 1. The summed E-state index contributed by atoms with van der Waals surface area (Å²) in [6, 6.07) is 0. The molecule has 1 heterocycles. The quantitative estimate of drug-likeness (QED) is 0.491. The molecule has 13 heavy (non-hydrogen) atoms. The van der Waals surface area contributed by atoms with Crippen molar-refractivity contribution in [2.45, 2.75) is 40.2 Å².